The monoisotopic (exact) mass is 318 g/mol. The maximum absolute atomic E-state index is 11.9. The average molecular weight is 318 g/mol. The van der Waals surface area contributed by atoms with Crippen LogP contribution in [-0.2, 0) is 16.0 Å². The van der Waals surface area contributed by atoms with Crippen molar-refractivity contribution in [2.75, 3.05) is 11.9 Å². The minimum atomic E-state index is 0.000819. The number of amides is 2. The minimum Gasteiger partial charge on any atom is -0.356 e. The van der Waals surface area contributed by atoms with Crippen molar-refractivity contribution >= 4 is 17.5 Å². The van der Waals surface area contributed by atoms with Crippen LogP contribution in [0.25, 0.3) is 0 Å². The molecule has 0 heterocycles. The first-order chi connectivity index (χ1) is 11.1. The van der Waals surface area contributed by atoms with Crippen molar-refractivity contribution in [1.82, 2.24) is 5.32 Å². The molecular weight excluding hydrogens is 288 g/mol. The van der Waals surface area contributed by atoms with Crippen LogP contribution in [0.1, 0.15) is 64.4 Å². The average Bonchev–Trinajstić information content (AvgIpc) is 2.52. The largest absolute Gasteiger partial charge is 0.356 e. The van der Waals surface area contributed by atoms with E-state index in [1.54, 1.807) is 0 Å². The topological polar surface area (TPSA) is 58.2 Å². The van der Waals surface area contributed by atoms with Gasteiger partial charge in [-0.05, 0) is 43.4 Å². The van der Waals surface area contributed by atoms with E-state index in [9.17, 15) is 9.59 Å². The van der Waals surface area contributed by atoms with Gasteiger partial charge in [-0.15, -0.1) is 0 Å². The Balaban J connectivity index is 2.17. The zero-order valence-electron chi connectivity index (χ0n) is 14.5. The van der Waals surface area contributed by atoms with Gasteiger partial charge in [0, 0.05) is 25.6 Å². The van der Waals surface area contributed by atoms with Crippen molar-refractivity contribution in [2.45, 2.75) is 65.2 Å². The molecule has 0 aliphatic carbocycles. The molecule has 0 saturated heterocycles. The van der Waals surface area contributed by atoms with E-state index in [2.05, 4.69) is 29.7 Å². The fraction of sp³-hybridized carbons (Fsp3) is 0.579. The molecule has 2 N–H and O–H groups in total. The van der Waals surface area contributed by atoms with Crippen molar-refractivity contribution in [2.24, 2.45) is 0 Å². The first-order valence-corrected chi connectivity index (χ1v) is 8.75. The molecule has 0 bridgehead atoms. The molecule has 4 nitrogen and oxygen atoms in total. The summed E-state index contributed by atoms with van der Waals surface area (Å²) in [5.74, 6) is 0.0594. The van der Waals surface area contributed by atoms with Gasteiger partial charge in [-0.2, -0.15) is 0 Å². The van der Waals surface area contributed by atoms with Gasteiger partial charge in [-0.3, -0.25) is 9.59 Å². The van der Waals surface area contributed by atoms with E-state index >= 15 is 0 Å². The zero-order chi connectivity index (χ0) is 16.9. The van der Waals surface area contributed by atoms with Crippen LogP contribution in [0.5, 0.6) is 0 Å². The van der Waals surface area contributed by atoms with Gasteiger partial charge in [0.1, 0.15) is 0 Å². The summed E-state index contributed by atoms with van der Waals surface area (Å²) in [4.78, 5) is 22.6. The molecule has 0 aliphatic heterocycles. The maximum atomic E-state index is 11.9. The predicted molar refractivity (Wildman–Crippen MR) is 95.5 cm³/mol. The highest BCUT2D eigenvalue weighted by molar-refractivity contribution is 5.90. The molecule has 1 rings (SSSR count). The van der Waals surface area contributed by atoms with Gasteiger partial charge >= 0.3 is 0 Å². The van der Waals surface area contributed by atoms with E-state index in [4.69, 9.17) is 0 Å². The maximum Gasteiger partial charge on any atom is 0.224 e. The van der Waals surface area contributed by atoms with Gasteiger partial charge in [0.15, 0.2) is 0 Å². The van der Waals surface area contributed by atoms with Gasteiger partial charge < -0.3 is 10.6 Å². The van der Waals surface area contributed by atoms with Crippen LogP contribution in [-0.4, -0.2) is 18.4 Å². The minimum absolute atomic E-state index is 0.000819. The molecule has 1 aromatic carbocycles. The Morgan fingerprint density at radius 3 is 2.35 bits per heavy atom. The number of hydrogen-bond donors (Lipinski definition) is 2. The molecule has 0 aliphatic rings. The number of unbranched alkanes of at least 4 members (excludes halogenated alkanes) is 4. The molecule has 2 amide bonds. The lowest BCUT2D eigenvalue weighted by atomic mass is 10.1. The number of carbonyl (C=O) groups is 2. The molecule has 0 fully saturated rings. The first-order valence-electron chi connectivity index (χ1n) is 8.75. The Hall–Kier alpha value is -1.84. The summed E-state index contributed by atoms with van der Waals surface area (Å²) in [5, 5.41) is 5.69. The van der Waals surface area contributed by atoms with Gasteiger partial charge in [0.25, 0.3) is 0 Å². The van der Waals surface area contributed by atoms with Crippen LogP contribution >= 0.6 is 0 Å². The molecule has 23 heavy (non-hydrogen) atoms. The van der Waals surface area contributed by atoms with E-state index in [0.29, 0.717) is 13.0 Å². The molecule has 0 aromatic heterocycles. The fourth-order valence-electron chi connectivity index (χ4n) is 2.41. The van der Waals surface area contributed by atoms with E-state index in [-0.39, 0.29) is 11.8 Å². The first kappa shape index (κ1) is 19.2. The van der Waals surface area contributed by atoms with Gasteiger partial charge in [-0.1, -0.05) is 38.3 Å². The van der Waals surface area contributed by atoms with Crippen molar-refractivity contribution in [1.29, 1.82) is 0 Å². The number of benzene rings is 1. The van der Waals surface area contributed by atoms with Gasteiger partial charge in [0.05, 0.1) is 0 Å². The van der Waals surface area contributed by atoms with Crippen molar-refractivity contribution < 1.29 is 9.59 Å². The zero-order valence-corrected chi connectivity index (χ0v) is 14.5. The Labute approximate surface area is 140 Å². The summed E-state index contributed by atoms with van der Waals surface area (Å²) in [6, 6.07) is 8.16. The molecule has 0 atom stereocenters. The summed E-state index contributed by atoms with van der Waals surface area (Å²) in [5.41, 5.74) is 2.20. The Bertz CT molecular complexity index is 469. The van der Waals surface area contributed by atoms with Crippen LogP contribution in [0.3, 0.4) is 0 Å². The molecule has 0 radical (unpaired) electrons. The molecule has 1 aromatic rings. The van der Waals surface area contributed by atoms with Gasteiger partial charge in [-0.25, -0.2) is 0 Å². The Morgan fingerprint density at radius 1 is 0.957 bits per heavy atom. The molecule has 0 spiro atoms. The molecular formula is C19H30N2O2. The fourth-order valence-corrected chi connectivity index (χ4v) is 2.41. The van der Waals surface area contributed by atoms with Crippen LogP contribution in [0, 0.1) is 0 Å². The summed E-state index contributed by atoms with van der Waals surface area (Å²) < 4.78 is 0. The van der Waals surface area contributed by atoms with E-state index in [1.165, 1.54) is 31.7 Å². The van der Waals surface area contributed by atoms with Crippen LogP contribution < -0.4 is 10.6 Å². The lowest BCUT2D eigenvalue weighted by Crippen LogP contribution is -2.20. The van der Waals surface area contributed by atoms with E-state index in [0.717, 1.165) is 31.4 Å². The highest BCUT2D eigenvalue weighted by atomic mass is 16.2. The summed E-state index contributed by atoms with van der Waals surface area (Å²) in [6.45, 7) is 4.41. The third-order valence-corrected chi connectivity index (χ3v) is 3.76. The highest BCUT2D eigenvalue weighted by Gasteiger charge is 2.02. The molecule has 128 valence electrons. The number of aryl methyl sites for hydroxylation is 1. The van der Waals surface area contributed by atoms with Gasteiger partial charge in [0.2, 0.25) is 11.8 Å². The lowest BCUT2D eigenvalue weighted by Gasteiger charge is -2.07. The van der Waals surface area contributed by atoms with E-state index in [1.807, 2.05) is 12.1 Å². The molecule has 0 unspecified atom stereocenters. The number of anilines is 1. The van der Waals surface area contributed by atoms with E-state index < -0.39 is 0 Å². The van der Waals surface area contributed by atoms with Crippen molar-refractivity contribution in [3.8, 4) is 0 Å². The smallest absolute Gasteiger partial charge is 0.224 e. The number of hydrogen-bond acceptors (Lipinski definition) is 2. The Morgan fingerprint density at radius 2 is 1.70 bits per heavy atom. The van der Waals surface area contributed by atoms with Crippen molar-refractivity contribution in [3.05, 3.63) is 29.8 Å². The normalized spacial score (nSPS) is 10.3. The number of rotatable bonds is 11. The number of nitrogens with one attached hydrogen (secondary N) is 2. The summed E-state index contributed by atoms with van der Waals surface area (Å²) >= 11 is 0. The van der Waals surface area contributed by atoms with Crippen LogP contribution in [0.4, 0.5) is 5.69 Å². The van der Waals surface area contributed by atoms with Crippen molar-refractivity contribution in [3.63, 3.8) is 0 Å². The second kappa shape index (κ2) is 11.7. The lowest BCUT2D eigenvalue weighted by molar-refractivity contribution is -0.119. The quantitative estimate of drug-likeness (QED) is 0.605. The number of carbonyl (C=O) groups excluding carboxylic acids is 2. The molecule has 4 heteroatoms. The predicted octanol–water partition coefficient (Wildman–Crippen LogP) is 4.05. The summed E-state index contributed by atoms with van der Waals surface area (Å²) in [6.07, 6.45) is 8.07. The third kappa shape index (κ3) is 9.72. The standard InChI is InChI=1S/C19H30N2O2/c1-3-4-6-9-17-11-13-18(14-12-17)21-19(23)10-7-5-8-15-20-16(2)22/h11-14H,3-10,15H2,1-2H3,(H,20,22)(H,21,23). The second-order valence-electron chi connectivity index (χ2n) is 6.00. The third-order valence-electron chi connectivity index (χ3n) is 3.76. The second-order valence-corrected chi connectivity index (χ2v) is 6.00. The van der Waals surface area contributed by atoms with Crippen LogP contribution in [0.2, 0.25) is 0 Å². The Kier molecular flexibility index (Phi) is 9.76. The SMILES string of the molecule is CCCCCc1ccc(NC(=O)CCCCCNC(C)=O)cc1. The summed E-state index contributed by atoms with van der Waals surface area (Å²) in [7, 11) is 0. The van der Waals surface area contributed by atoms with Crippen LogP contribution in [0.15, 0.2) is 24.3 Å². The highest BCUT2D eigenvalue weighted by Crippen LogP contribution is 2.13. The molecule has 0 saturated carbocycles.